The van der Waals surface area contributed by atoms with Crippen molar-refractivity contribution in [1.29, 1.82) is 0 Å². The fraction of sp³-hybridized carbons (Fsp3) is 0.111. The molecule has 0 saturated heterocycles. The SMILES string of the molecule is COc1c(F)c(F)c(-c2c(F)c(F)c(OCc3c(F)c(F)c(-c4c(F)c(F)c(C)c(F)c4F)c(F)c3F)c(F)c2F)c(F)c1F. The van der Waals surface area contributed by atoms with Crippen molar-refractivity contribution < 1.29 is 79.7 Å². The van der Waals surface area contributed by atoms with Crippen LogP contribution in [0.2, 0.25) is 0 Å². The number of benzene rings is 4. The maximum Gasteiger partial charge on any atom is 0.204 e. The van der Waals surface area contributed by atoms with Crippen LogP contribution in [0.25, 0.3) is 22.3 Å². The second kappa shape index (κ2) is 11.7. The van der Waals surface area contributed by atoms with Gasteiger partial charge in [-0.3, -0.25) is 0 Å². The molecule has 0 aliphatic rings. The van der Waals surface area contributed by atoms with Gasteiger partial charge in [-0.2, -0.15) is 17.6 Å². The second-order valence-electron chi connectivity index (χ2n) is 8.78. The smallest absolute Gasteiger partial charge is 0.204 e. The molecule has 0 saturated carbocycles. The fourth-order valence-electron chi connectivity index (χ4n) is 4.10. The minimum absolute atomic E-state index is 0.506. The van der Waals surface area contributed by atoms with Crippen LogP contribution < -0.4 is 9.47 Å². The minimum atomic E-state index is -2.80. The highest BCUT2D eigenvalue weighted by molar-refractivity contribution is 5.70. The van der Waals surface area contributed by atoms with Gasteiger partial charge in [-0.15, -0.1) is 0 Å². The summed E-state index contributed by atoms with van der Waals surface area (Å²) in [6.45, 7) is -1.58. The Kier molecular flexibility index (Phi) is 8.65. The highest BCUT2D eigenvalue weighted by atomic mass is 19.2. The quantitative estimate of drug-likeness (QED) is 0.151. The number of methoxy groups -OCH3 is 1. The standard InChI is InChI=1S/C27H8F16O2/c1-4-10(28)14(32)6(15(33)11(4)29)7-16(34)12(30)5(13(31)17(7)35)3-45-27-24(42)20(38)9(21(39)25(27)43)8-18(36)22(40)26(44-2)23(41)19(8)37/h3H2,1-2H3. The van der Waals surface area contributed by atoms with Crippen LogP contribution in [0.3, 0.4) is 0 Å². The van der Waals surface area contributed by atoms with Crippen molar-refractivity contribution in [3.8, 4) is 33.8 Å². The van der Waals surface area contributed by atoms with Gasteiger partial charge in [-0.25, -0.2) is 52.7 Å². The van der Waals surface area contributed by atoms with Crippen LogP contribution in [0.4, 0.5) is 70.2 Å². The van der Waals surface area contributed by atoms with E-state index in [2.05, 4.69) is 9.47 Å². The van der Waals surface area contributed by atoms with E-state index in [1.165, 1.54) is 0 Å². The molecule has 0 heterocycles. The van der Waals surface area contributed by atoms with Gasteiger partial charge in [0.1, 0.15) is 6.61 Å². The fourth-order valence-corrected chi connectivity index (χ4v) is 4.10. The monoisotopic (exact) mass is 668 g/mol. The molecule has 0 amide bonds. The third kappa shape index (κ3) is 4.86. The number of halogens is 16. The minimum Gasteiger partial charge on any atom is -0.491 e. The first-order valence-electron chi connectivity index (χ1n) is 11.5. The number of rotatable bonds is 6. The summed E-state index contributed by atoms with van der Waals surface area (Å²) in [6, 6.07) is 0. The third-order valence-corrected chi connectivity index (χ3v) is 6.35. The summed E-state index contributed by atoms with van der Waals surface area (Å²) in [5, 5.41) is 0. The van der Waals surface area contributed by atoms with Crippen molar-refractivity contribution >= 4 is 0 Å². The molecule has 0 spiro atoms. The van der Waals surface area contributed by atoms with Gasteiger partial charge in [0.05, 0.1) is 34.9 Å². The lowest BCUT2D eigenvalue weighted by atomic mass is 9.98. The summed E-state index contributed by atoms with van der Waals surface area (Å²) in [7, 11) is 0.530. The van der Waals surface area contributed by atoms with Crippen LogP contribution in [0, 0.1) is 100.0 Å². The molecule has 0 aliphatic heterocycles. The highest BCUT2D eigenvalue weighted by Crippen LogP contribution is 2.43. The van der Waals surface area contributed by atoms with E-state index in [0.717, 1.165) is 0 Å². The molecule has 2 nitrogen and oxygen atoms in total. The van der Waals surface area contributed by atoms with E-state index >= 15 is 0 Å². The van der Waals surface area contributed by atoms with E-state index in [-0.39, 0.29) is 0 Å². The van der Waals surface area contributed by atoms with Crippen LogP contribution >= 0.6 is 0 Å². The molecular formula is C27H8F16O2. The van der Waals surface area contributed by atoms with Crippen molar-refractivity contribution in [3.63, 3.8) is 0 Å². The topological polar surface area (TPSA) is 18.5 Å². The Balaban J connectivity index is 1.84. The summed E-state index contributed by atoms with van der Waals surface area (Å²) in [4.78, 5) is 0. The zero-order chi connectivity index (χ0) is 34.0. The summed E-state index contributed by atoms with van der Waals surface area (Å²) < 4.78 is 239. The maximum absolute atomic E-state index is 14.7. The van der Waals surface area contributed by atoms with Crippen molar-refractivity contribution in [2.45, 2.75) is 13.5 Å². The van der Waals surface area contributed by atoms with E-state index in [4.69, 9.17) is 0 Å². The van der Waals surface area contributed by atoms with Gasteiger partial charge in [0, 0.05) is 5.56 Å². The summed E-state index contributed by atoms with van der Waals surface area (Å²) in [5.74, 6) is -45.2. The number of hydrogen-bond acceptors (Lipinski definition) is 2. The van der Waals surface area contributed by atoms with Crippen molar-refractivity contribution in [1.82, 2.24) is 0 Å². The number of ether oxygens (including phenoxy) is 2. The lowest BCUT2D eigenvalue weighted by Gasteiger charge is -2.17. The van der Waals surface area contributed by atoms with Crippen molar-refractivity contribution in [2.24, 2.45) is 0 Å². The molecule has 4 aromatic carbocycles. The predicted octanol–water partition coefficient (Wildman–Crippen LogP) is 9.14. The van der Waals surface area contributed by atoms with Gasteiger partial charge in [0.25, 0.3) is 0 Å². The zero-order valence-corrected chi connectivity index (χ0v) is 21.6. The lowest BCUT2D eigenvalue weighted by molar-refractivity contribution is 0.249. The Hall–Kier alpha value is -4.64. The van der Waals surface area contributed by atoms with E-state index in [1.807, 2.05) is 0 Å². The Labute approximate surface area is 239 Å². The zero-order valence-electron chi connectivity index (χ0n) is 21.6. The second-order valence-corrected chi connectivity index (χ2v) is 8.78. The van der Waals surface area contributed by atoms with Gasteiger partial charge in [-0.1, -0.05) is 0 Å². The Morgan fingerprint density at radius 1 is 0.356 bits per heavy atom. The first-order chi connectivity index (χ1) is 20.9. The molecule has 240 valence electrons. The van der Waals surface area contributed by atoms with Gasteiger partial charge < -0.3 is 9.47 Å². The van der Waals surface area contributed by atoms with Crippen molar-refractivity contribution in [2.75, 3.05) is 7.11 Å². The lowest BCUT2D eigenvalue weighted by Crippen LogP contribution is -2.14. The first kappa shape index (κ1) is 33.3. The van der Waals surface area contributed by atoms with Crippen LogP contribution in [0.5, 0.6) is 11.5 Å². The molecule has 0 aliphatic carbocycles. The molecule has 0 fully saturated rings. The summed E-state index contributed by atoms with van der Waals surface area (Å²) >= 11 is 0. The Morgan fingerprint density at radius 3 is 0.933 bits per heavy atom. The third-order valence-electron chi connectivity index (χ3n) is 6.35. The molecule has 0 unspecified atom stereocenters. The normalized spacial score (nSPS) is 11.4. The number of hydrogen-bond donors (Lipinski definition) is 0. The Morgan fingerprint density at radius 2 is 0.622 bits per heavy atom. The molecule has 0 radical (unpaired) electrons. The van der Waals surface area contributed by atoms with Crippen LogP contribution in [0.15, 0.2) is 0 Å². The van der Waals surface area contributed by atoms with Crippen LogP contribution in [-0.4, -0.2) is 7.11 Å². The van der Waals surface area contributed by atoms with Gasteiger partial charge in [-0.05, 0) is 6.92 Å². The molecule has 4 aromatic rings. The van der Waals surface area contributed by atoms with Crippen LogP contribution in [-0.2, 0) is 6.61 Å². The Bertz CT molecular complexity index is 1810. The summed E-state index contributed by atoms with van der Waals surface area (Å²) in [6.07, 6.45) is 0. The molecule has 0 bridgehead atoms. The maximum atomic E-state index is 14.7. The largest absolute Gasteiger partial charge is 0.491 e. The molecule has 0 atom stereocenters. The van der Waals surface area contributed by atoms with Crippen molar-refractivity contribution in [3.05, 3.63) is 104 Å². The van der Waals surface area contributed by atoms with E-state index < -0.39 is 145 Å². The molecular weight excluding hydrogens is 660 g/mol. The average molecular weight is 668 g/mol. The predicted molar refractivity (Wildman–Crippen MR) is 119 cm³/mol. The molecule has 45 heavy (non-hydrogen) atoms. The van der Waals surface area contributed by atoms with Gasteiger partial charge in [0.2, 0.25) is 23.3 Å². The van der Waals surface area contributed by atoms with E-state index in [0.29, 0.717) is 14.0 Å². The average Bonchev–Trinajstić information content (AvgIpc) is 3.01. The van der Waals surface area contributed by atoms with Crippen LogP contribution in [0.1, 0.15) is 11.1 Å². The molecule has 18 heteroatoms. The highest BCUT2D eigenvalue weighted by Gasteiger charge is 2.37. The van der Waals surface area contributed by atoms with E-state index in [1.54, 1.807) is 0 Å². The van der Waals surface area contributed by atoms with Gasteiger partial charge >= 0.3 is 0 Å². The van der Waals surface area contributed by atoms with Gasteiger partial charge in [0.15, 0.2) is 81.3 Å². The first-order valence-corrected chi connectivity index (χ1v) is 11.5. The molecule has 4 rings (SSSR count). The molecule has 0 N–H and O–H groups in total. The summed E-state index contributed by atoms with van der Waals surface area (Å²) in [5.41, 5.74) is -12.6. The molecule has 0 aromatic heterocycles. The van der Waals surface area contributed by atoms with E-state index in [9.17, 15) is 70.2 Å².